The summed E-state index contributed by atoms with van der Waals surface area (Å²) in [6.07, 6.45) is 1.86. The van der Waals surface area contributed by atoms with Gasteiger partial charge in [0.15, 0.2) is 0 Å². The minimum absolute atomic E-state index is 0.495. The molecule has 74 valence electrons. The predicted octanol–water partition coefficient (Wildman–Crippen LogP) is 0.470. The first kappa shape index (κ1) is 8.38. The lowest BCUT2D eigenvalue weighted by Crippen LogP contribution is -2.28. The van der Waals surface area contributed by atoms with Crippen molar-refractivity contribution in [3.05, 3.63) is 30.1 Å². The number of hydrogen-bond acceptors (Lipinski definition) is 3. The number of piperidine rings is 1. The second kappa shape index (κ2) is 3.04. The molecule has 2 aliphatic rings. The summed E-state index contributed by atoms with van der Waals surface area (Å²) < 4.78 is 0. The SMILES string of the molecule is NC1C2CN(Cc3ccccn3)CC12. The van der Waals surface area contributed by atoms with Crippen molar-refractivity contribution in [2.45, 2.75) is 12.6 Å². The van der Waals surface area contributed by atoms with Crippen LogP contribution in [0.1, 0.15) is 5.69 Å². The van der Waals surface area contributed by atoms with Crippen molar-refractivity contribution in [1.29, 1.82) is 0 Å². The molecule has 1 saturated heterocycles. The first-order chi connectivity index (χ1) is 6.84. The van der Waals surface area contributed by atoms with Gasteiger partial charge in [0.05, 0.1) is 5.69 Å². The van der Waals surface area contributed by atoms with Crippen LogP contribution in [-0.4, -0.2) is 29.0 Å². The fourth-order valence-corrected chi connectivity index (χ4v) is 2.51. The number of pyridine rings is 1. The minimum atomic E-state index is 0.495. The molecule has 1 aromatic heterocycles. The zero-order valence-electron chi connectivity index (χ0n) is 8.13. The van der Waals surface area contributed by atoms with E-state index in [1.807, 2.05) is 18.3 Å². The van der Waals surface area contributed by atoms with Crippen LogP contribution < -0.4 is 5.73 Å². The Balaban J connectivity index is 1.60. The molecule has 2 unspecified atom stereocenters. The molecule has 0 radical (unpaired) electrons. The number of rotatable bonds is 2. The van der Waals surface area contributed by atoms with E-state index in [2.05, 4.69) is 16.0 Å². The van der Waals surface area contributed by atoms with Crippen molar-refractivity contribution in [3.8, 4) is 0 Å². The maximum Gasteiger partial charge on any atom is 0.0543 e. The van der Waals surface area contributed by atoms with Gasteiger partial charge in [0, 0.05) is 31.9 Å². The largest absolute Gasteiger partial charge is 0.327 e. The first-order valence-electron chi connectivity index (χ1n) is 5.22. The molecule has 3 nitrogen and oxygen atoms in total. The summed E-state index contributed by atoms with van der Waals surface area (Å²) >= 11 is 0. The van der Waals surface area contributed by atoms with Crippen molar-refractivity contribution in [2.75, 3.05) is 13.1 Å². The predicted molar refractivity (Wildman–Crippen MR) is 54.5 cm³/mol. The quantitative estimate of drug-likeness (QED) is 0.735. The van der Waals surface area contributed by atoms with E-state index in [4.69, 9.17) is 5.73 Å². The molecule has 0 amide bonds. The summed E-state index contributed by atoms with van der Waals surface area (Å²) in [6.45, 7) is 3.32. The molecule has 0 spiro atoms. The van der Waals surface area contributed by atoms with Gasteiger partial charge in [-0.25, -0.2) is 0 Å². The van der Waals surface area contributed by atoms with Crippen LogP contribution in [-0.2, 0) is 6.54 Å². The highest BCUT2D eigenvalue weighted by Crippen LogP contribution is 2.43. The molecule has 14 heavy (non-hydrogen) atoms. The number of likely N-dealkylation sites (tertiary alicyclic amines) is 1. The van der Waals surface area contributed by atoms with Crippen molar-refractivity contribution in [1.82, 2.24) is 9.88 Å². The van der Waals surface area contributed by atoms with Crippen molar-refractivity contribution < 1.29 is 0 Å². The Morgan fingerprint density at radius 3 is 2.79 bits per heavy atom. The molecule has 2 atom stereocenters. The van der Waals surface area contributed by atoms with Gasteiger partial charge in [0.1, 0.15) is 0 Å². The average Bonchev–Trinajstić information content (AvgIpc) is 2.65. The Morgan fingerprint density at radius 2 is 2.14 bits per heavy atom. The van der Waals surface area contributed by atoms with Gasteiger partial charge in [-0.1, -0.05) is 6.07 Å². The normalized spacial score (nSPS) is 35.6. The Morgan fingerprint density at radius 1 is 1.36 bits per heavy atom. The zero-order chi connectivity index (χ0) is 9.54. The number of aromatic nitrogens is 1. The molecule has 0 aromatic carbocycles. The van der Waals surface area contributed by atoms with E-state index in [0.717, 1.165) is 18.4 Å². The molecule has 2 heterocycles. The van der Waals surface area contributed by atoms with Crippen molar-refractivity contribution in [2.24, 2.45) is 17.6 Å². The van der Waals surface area contributed by atoms with E-state index in [1.165, 1.54) is 18.8 Å². The third kappa shape index (κ3) is 1.33. The maximum absolute atomic E-state index is 5.89. The Labute approximate surface area is 83.9 Å². The maximum atomic E-state index is 5.89. The van der Waals surface area contributed by atoms with Crippen molar-refractivity contribution >= 4 is 0 Å². The lowest BCUT2D eigenvalue weighted by atomic mass is 10.3. The van der Waals surface area contributed by atoms with Gasteiger partial charge < -0.3 is 5.73 Å². The highest BCUT2D eigenvalue weighted by Gasteiger charge is 2.53. The summed E-state index contributed by atoms with van der Waals surface area (Å²) in [5.41, 5.74) is 7.05. The second-order valence-corrected chi connectivity index (χ2v) is 4.42. The Bertz CT molecular complexity index is 313. The first-order valence-corrected chi connectivity index (χ1v) is 5.22. The molecule has 3 heteroatoms. The molecule has 0 bridgehead atoms. The Hall–Kier alpha value is -0.930. The number of fused-ring (bicyclic) bond motifs is 1. The summed E-state index contributed by atoms with van der Waals surface area (Å²) in [5, 5.41) is 0. The van der Waals surface area contributed by atoms with Gasteiger partial charge in [-0.3, -0.25) is 9.88 Å². The third-order valence-corrected chi connectivity index (χ3v) is 3.45. The lowest BCUT2D eigenvalue weighted by molar-refractivity contribution is 0.287. The molecule has 2 fully saturated rings. The highest BCUT2D eigenvalue weighted by atomic mass is 15.2. The molecule has 2 N–H and O–H groups in total. The van der Waals surface area contributed by atoms with Crippen LogP contribution in [0.25, 0.3) is 0 Å². The van der Waals surface area contributed by atoms with Crippen molar-refractivity contribution in [3.63, 3.8) is 0 Å². The Kier molecular flexibility index (Phi) is 1.82. The van der Waals surface area contributed by atoms with E-state index in [1.54, 1.807) is 0 Å². The number of nitrogens with zero attached hydrogens (tertiary/aromatic N) is 2. The average molecular weight is 189 g/mol. The van der Waals surface area contributed by atoms with E-state index in [9.17, 15) is 0 Å². The third-order valence-electron chi connectivity index (χ3n) is 3.45. The highest BCUT2D eigenvalue weighted by molar-refractivity contribution is 5.10. The number of nitrogens with two attached hydrogens (primary N) is 1. The zero-order valence-corrected chi connectivity index (χ0v) is 8.13. The van der Waals surface area contributed by atoms with Crippen LogP contribution >= 0.6 is 0 Å². The molecular weight excluding hydrogens is 174 g/mol. The van der Waals surface area contributed by atoms with E-state index >= 15 is 0 Å². The van der Waals surface area contributed by atoms with Crippen LogP contribution in [0.2, 0.25) is 0 Å². The fraction of sp³-hybridized carbons (Fsp3) is 0.545. The summed E-state index contributed by atoms with van der Waals surface area (Å²) in [4.78, 5) is 6.79. The van der Waals surface area contributed by atoms with Gasteiger partial charge in [-0.2, -0.15) is 0 Å². The monoisotopic (exact) mass is 189 g/mol. The topological polar surface area (TPSA) is 42.1 Å². The van der Waals surface area contributed by atoms with Crippen LogP contribution in [0, 0.1) is 11.8 Å². The molecule has 1 aliphatic heterocycles. The molecule has 3 rings (SSSR count). The molecule has 1 saturated carbocycles. The van der Waals surface area contributed by atoms with E-state index < -0.39 is 0 Å². The van der Waals surface area contributed by atoms with E-state index in [-0.39, 0.29) is 0 Å². The van der Waals surface area contributed by atoms with Gasteiger partial charge in [0.25, 0.3) is 0 Å². The van der Waals surface area contributed by atoms with Crippen LogP contribution in [0.4, 0.5) is 0 Å². The van der Waals surface area contributed by atoms with Crippen LogP contribution in [0.5, 0.6) is 0 Å². The van der Waals surface area contributed by atoms with Crippen LogP contribution in [0.15, 0.2) is 24.4 Å². The van der Waals surface area contributed by atoms with Gasteiger partial charge in [0.2, 0.25) is 0 Å². The smallest absolute Gasteiger partial charge is 0.0543 e. The van der Waals surface area contributed by atoms with E-state index in [0.29, 0.717) is 6.04 Å². The standard InChI is InChI=1S/C11H15N3/c12-11-9-6-14(7-10(9)11)5-8-3-1-2-4-13-8/h1-4,9-11H,5-7,12H2. The lowest BCUT2D eigenvalue weighted by Gasteiger charge is -2.17. The summed E-state index contributed by atoms with van der Waals surface area (Å²) in [6, 6.07) is 6.59. The second-order valence-electron chi connectivity index (χ2n) is 4.42. The molecular formula is C11H15N3. The van der Waals surface area contributed by atoms with Gasteiger partial charge in [-0.05, 0) is 24.0 Å². The van der Waals surface area contributed by atoms with Crippen LogP contribution in [0.3, 0.4) is 0 Å². The van der Waals surface area contributed by atoms with Gasteiger partial charge >= 0.3 is 0 Å². The minimum Gasteiger partial charge on any atom is -0.327 e. The molecule has 1 aromatic rings. The number of hydrogen-bond donors (Lipinski definition) is 1. The summed E-state index contributed by atoms with van der Waals surface area (Å²) in [7, 11) is 0. The molecule has 1 aliphatic carbocycles. The summed E-state index contributed by atoms with van der Waals surface area (Å²) in [5.74, 6) is 1.55. The van der Waals surface area contributed by atoms with Gasteiger partial charge in [-0.15, -0.1) is 0 Å². The fourth-order valence-electron chi connectivity index (χ4n) is 2.51.